The molecule has 3 unspecified atom stereocenters. The second-order valence-corrected chi connectivity index (χ2v) is 9.43. The summed E-state index contributed by atoms with van der Waals surface area (Å²) in [6, 6.07) is 6.24. The van der Waals surface area contributed by atoms with Gasteiger partial charge in [0.25, 0.3) is 0 Å². The number of ether oxygens (including phenoxy) is 1. The summed E-state index contributed by atoms with van der Waals surface area (Å²) in [6.45, 7) is -2.73. The van der Waals surface area contributed by atoms with Crippen molar-refractivity contribution >= 4 is 22.5 Å². The molecule has 172 valence electrons. The topological polar surface area (TPSA) is 69.0 Å². The van der Waals surface area contributed by atoms with E-state index in [-0.39, 0.29) is 23.7 Å². The van der Waals surface area contributed by atoms with Crippen molar-refractivity contribution in [2.75, 3.05) is 5.32 Å². The van der Waals surface area contributed by atoms with Gasteiger partial charge in [0.2, 0.25) is 5.91 Å². The van der Waals surface area contributed by atoms with Gasteiger partial charge in [-0.05, 0) is 73.6 Å². The van der Waals surface area contributed by atoms with E-state index in [4.69, 9.17) is 4.74 Å². The third kappa shape index (κ3) is 3.83. The zero-order chi connectivity index (χ0) is 22.7. The van der Waals surface area contributed by atoms with Crippen LogP contribution in [0, 0.1) is 35.4 Å². The number of rotatable bonds is 7. The summed E-state index contributed by atoms with van der Waals surface area (Å²) in [5, 5.41) is 7.05. The Hall–Kier alpha value is -3.10. The summed E-state index contributed by atoms with van der Waals surface area (Å²) in [6.07, 6.45) is 7.87. The summed E-state index contributed by atoms with van der Waals surface area (Å²) in [5.41, 5.74) is 0.991. The predicted molar refractivity (Wildman–Crippen MR) is 114 cm³/mol. The number of alkyl halides is 2. The Morgan fingerprint density at radius 1 is 1.18 bits per heavy atom. The molecule has 3 fully saturated rings. The molecule has 0 saturated heterocycles. The van der Waals surface area contributed by atoms with Gasteiger partial charge in [0.1, 0.15) is 11.6 Å². The number of pyridine rings is 1. The van der Waals surface area contributed by atoms with E-state index in [0.29, 0.717) is 50.7 Å². The van der Waals surface area contributed by atoms with Crippen LogP contribution >= 0.6 is 0 Å². The third-order valence-electron chi connectivity index (χ3n) is 7.34. The highest BCUT2D eigenvalue weighted by atomic mass is 19.3. The van der Waals surface area contributed by atoms with E-state index in [0.717, 1.165) is 31.9 Å². The number of carbonyl (C=O) groups excluding carboxylic acids is 1. The third-order valence-corrected chi connectivity index (χ3v) is 7.34. The molecule has 1 N–H and O–H groups in total. The molecule has 0 spiro atoms. The number of hydrogen-bond donors (Lipinski definition) is 1. The number of halogens is 3. The molecule has 3 aliphatic carbocycles. The second kappa shape index (κ2) is 7.74. The molecule has 3 aromatic rings. The minimum atomic E-state index is -2.73. The molecule has 0 aliphatic heterocycles. The zero-order valence-corrected chi connectivity index (χ0v) is 17.7. The number of anilines is 1. The van der Waals surface area contributed by atoms with Crippen molar-refractivity contribution in [3.8, 4) is 5.75 Å². The van der Waals surface area contributed by atoms with Crippen LogP contribution in [0.25, 0.3) is 10.9 Å². The van der Waals surface area contributed by atoms with Crippen LogP contribution in [0.5, 0.6) is 5.75 Å². The van der Waals surface area contributed by atoms with E-state index >= 15 is 0 Å². The van der Waals surface area contributed by atoms with Crippen LogP contribution < -0.4 is 10.1 Å². The number of aromatic nitrogens is 3. The van der Waals surface area contributed by atoms with E-state index < -0.39 is 6.55 Å². The van der Waals surface area contributed by atoms with Gasteiger partial charge in [-0.1, -0.05) is 0 Å². The standard InChI is InChI=1S/C24H23F3N4O2/c25-13-3-4-19-18(7-13)20(5-6-28-19)33-15-8-16-17(9-15)22(16)21(12-1-2-12)23(32)30-14-10-29-31(11-14)24(26)27/h3-7,10-12,15-17,21-22,24H,1-2,8-9H2,(H,30,32). The minimum absolute atomic E-state index is 0.0253. The molecular weight excluding hydrogens is 433 g/mol. The number of nitrogens with one attached hydrogen (secondary N) is 1. The lowest BCUT2D eigenvalue weighted by Crippen LogP contribution is -2.29. The maximum atomic E-state index is 13.7. The number of hydrogen-bond acceptors (Lipinski definition) is 4. The van der Waals surface area contributed by atoms with Gasteiger partial charge < -0.3 is 10.1 Å². The first kappa shape index (κ1) is 20.5. The molecule has 33 heavy (non-hydrogen) atoms. The lowest BCUT2D eigenvalue weighted by molar-refractivity contribution is -0.121. The fourth-order valence-corrected chi connectivity index (χ4v) is 5.74. The van der Waals surface area contributed by atoms with Crippen molar-refractivity contribution in [1.29, 1.82) is 0 Å². The Labute approximate surface area is 188 Å². The first-order chi connectivity index (χ1) is 16.0. The van der Waals surface area contributed by atoms with Crippen LogP contribution in [0.2, 0.25) is 0 Å². The first-order valence-electron chi connectivity index (χ1n) is 11.3. The molecule has 3 atom stereocenters. The van der Waals surface area contributed by atoms with Crippen molar-refractivity contribution in [1.82, 2.24) is 14.8 Å². The van der Waals surface area contributed by atoms with E-state index in [1.807, 2.05) is 0 Å². The lowest BCUT2D eigenvalue weighted by atomic mass is 9.91. The average Bonchev–Trinajstić information content (AvgIpc) is 3.62. The molecule has 0 bridgehead atoms. The highest BCUT2D eigenvalue weighted by Crippen LogP contribution is 2.64. The molecule has 3 aliphatic rings. The zero-order valence-electron chi connectivity index (χ0n) is 17.7. The molecular formula is C24H23F3N4O2. The quantitative estimate of drug-likeness (QED) is 0.541. The number of fused-ring (bicyclic) bond motifs is 2. The van der Waals surface area contributed by atoms with Crippen LogP contribution in [-0.2, 0) is 4.79 Å². The summed E-state index contributed by atoms with van der Waals surface area (Å²) < 4.78 is 46.0. The molecule has 2 heterocycles. The Bertz CT molecular complexity index is 1200. The maximum absolute atomic E-state index is 13.7. The van der Waals surface area contributed by atoms with Crippen molar-refractivity contribution in [3.05, 3.63) is 48.7 Å². The van der Waals surface area contributed by atoms with Crippen molar-refractivity contribution < 1.29 is 22.7 Å². The van der Waals surface area contributed by atoms with Gasteiger partial charge in [0, 0.05) is 17.5 Å². The van der Waals surface area contributed by atoms with Gasteiger partial charge in [-0.2, -0.15) is 13.9 Å². The minimum Gasteiger partial charge on any atom is -0.490 e. The molecule has 1 amide bonds. The summed E-state index contributed by atoms with van der Waals surface area (Å²) >= 11 is 0. The summed E-state index contributed by atoms with van der Waals surface area (Å²) in [7, 11) is 0. The fourth-order valence-electron chi connectivity index (χ4n) is 5.74. The van der Waals surface area contributed by atoms with E-state index in [1.54, 1.807) is 18.3 Å². The Morgan fingerprint density at radius 3 is 2.67 bits per heavy atom. The van der Waals surface area contributed by atoms with Gasteiger partial charge in [-0.15, -0.1) is 0 Å². The molecule has 0 radical (unpaired) electrons. The molecule has 2 aromatic heterocycles. The number of benzene rings is 1. The van der Waals surface area contributed by atoms with Crippen molar-refractivity contribution in [3.63, 3.8) is 0 Å². The van der Waals surface area contributed by atoms with Gasteiger partial charge in [0.15, 0.2) is 0 Å². The first-order valence-corrected chi connectivity index (χ1v) is 11.3. The number of carbonyl (C=O) groups is 1. The smallest absolute Gasteiger partial charge is 0.333 e. The second-order valence-electron chi connectivity index (χ2n) is 9.43. The summed E-state index contributed by atoms with van der Waals surface area (Å²) in [4.78, 5) is 17.3. The SMILES string of the molecule is O=C(Nc1cnn(C(F)F)c1)C(C1CC1)C1C2CC(Oc3ccnc4ccc(F)cc34)CC21. The molecule has 3 saturated carbocycles. The molecule has 6 nitrogen and oxygen atoms in total. The van der Waals surface area contributed by atoms with Gasteiger partial charge in [-0.25, -0.2) is 9.07 Å². The number of amides is 1. The van der Waals surface area contributed by atoms with Gasteiger partial charge in [-0.3, -0.25) is 9.78 Å². The highest BCUT2D eigenvalue weighted by Gasteiger charge is 2.63. The van der Waals surface area contributed by atoms with Crippen LogP contribution in [-0.4, -0.2) is 26.8 Å². The maximum Gasteiger partial charge on any atom is 0.333 e. The van der Waals surface area contributed by atoms with E-state index in [2.05, 4.69) is 15.4 Å². The average molecular weight is 456 g/mol. The van der Waals surface area contributed by atoms with Gasteiger partial charge >= 0.3 is 6.55 Å². The summed E-state index contributed by atoms with van der Waals surface area (Å²) in [5.74, 6) is 1.60. The van der Waals surface area contributed by atoms with Crippen LogP contribution in [0.4, 0.5) is 18.9 Å². The number of nitrogens with zero attached hydrogens (tertiary/aromatic N) is 3. The Balaban J connectivity index is 1.11. The monoisotopic (exact) mass is 456 g/mol. The van der Waals surface area contributed by atoms with Gasteiger partial charge in [0.05, 0.1) is 29.7 Å². The predicted octanol–water partition coefficient (Wildman–Crippen LogP) is 5.03. The van der Waals surface area contributed by atoms with Crippen LogP contribution in [0.15, 0.2) is 42.9 Å². The van der Waals surface area contributed by atoms with E-state index in [9.17, 15) is 18.0 Å². The largest absolute Gasteiger partial charge is 0.490 e. The van der Waals surface area contributed by atoms with Crippen molar-refractivity contribution in [2.24, 2.45) is 29.6 Å². The van der Waals surface area contributed by atoms with Crippen LogP contribution in [0.1, 0.15) is 32.2 Å². The Morgan fingerprint density at radius 2 is 1.97 bits per heavy atom. The molecule has 9 heteroatoms. The molecule has 6 rings (SSSR count). The lowest BCUT2D eigenvalue weighted by Gasteiger charge is -2.22. The highest BCUT2D eigenvalue weighted by molar-refractivity contribution is 5.93. The van der Waals surface area contributed by atoms with Crippen LogP contribution in [0.3, 0.4) is 0 Å². The Kier molecular flexibility index (Phi) is 4.81. The molecule has 1 aromatic carbocycles. The fraction of sp³-hybridized carbons (Fsp3) is 0.458. The van der Waals surface area contributed by atoms with E-state index in [1.165, 1.54) is 18.3 Å². The van der Waals surface area contributed by atoms with Crippen molar-refractivity contribution in [2.45, 2.75) is 38.3 Å². The normalized spacial score (nSPS) is 26.9.